The van der Waals surface area contributed by atoms with E-state index in [1.165, 1.54) is 10.9 Å². The molecule has 5 nitrogen and oxygen atoms in total. The van der Waals surface area contributed by atoms with Crippen LogP contribution in [0.25, 0.3) is 0 Å². The summed E-state index contributed by atoms with van der Waals surface area (Å²) in [6, 6.07) is 0. The van der Waals surface area contributed by atoms with E-state index in [0.717, 1.165) is 6.42 Å². The van der Waals surface area contributed by atoms with Crippen LogP contribution in [0.3, 0.4) is 0 Å². The smallest absolute Gasteiger partial charge is 0.293 e. The molecule has 0 radical (unpaired) electrons. The lowest BCUT2D eigenvalue weighted by atomic mass is 10.4. The SMILES string of the molecule is CSC(CCn1cn[nH]c(=O)c1=O)SC. The van der Waals surface area contributed by atoms with Gasteiger partial charge in [0.2, 0.25) is 0 Å². The Morgan fingerprint density at radius 1 is 1.47 bits per heavy atom. The highest BCUT2D eigenvalue weighted by Gasteiger charge is 2.06. The van der Waals surface area contributed by atoms with Crippen LogP contribution in [0.4, 0.5) is 0 Å². The molecule has 1 aromatic heterocycles. The Kier molecular flexibility index (Phi) is 4.97. The van der Waals surface area contributed by atoms with Gasteiger partial charge in [0.05, 0.1) is 4.58 Å². The first kappa shape index (κ1) is 12.4. The van der Waals surface area contributed by atoms with Gasteiger partial charge >= 0.3 is 11.1 Å². The van der Waals surface area contributed by atoms with Crippen molar-refractivity contribution in [1.82, 2.24) is 14.8 Å². The van der Waals surface area contributed by atoms with Gasteiger partial charge in [-0.2, -0.15) is 28.6 Å². The molecule has 0 fully saturated rings. The number of nitrogens with zero attached hydrogens (tertiary/aromatic N) is 2. The Balaban J connectivity index is 2.70. The summed E-state index contributed by atoms with van der Waals surface area (Å²) in [5, 5.41) is 5.69. The third-order valence-corrected chi connectivity index (χ3v) is 4.63. The van der Waals surface area contributed by atoms with E-state index in [2.05, 4.69) is 10.2 Å². The van der Waals surface area contributed by atoms with Gasteiger partial charge in [-0.25, -0.2) is 5.10 Å². The molecule has 7 heteroatoms. The molecule has 0 aromatic carbocycles. The second-order valence-electron chi connectivity index (χ2n) is 2.87. The van der Waals surface area contributed by atoms with Crippen LogP contribution in [-0.2, 0) is 6.54 Å². The van der Waals surface area contributed by atoms with E-state index in [4.69, 9.17) is 0 Å². The lowest BCUT2D eigenvalue weighted by molar-refractivity contribution is 0.613. The van der Waals surface area contributed by atoms with Gasteiger partial charge in [-0.1, -0.05) is 0 Å². The van der Waals surface area contributed by atoms with Gasteiger partial charge in [0.1, 0.15) is 6.33 Å². The molecule has 0 spiro atoms. The number of H-pyrrole nitrogens is 1. The van der Waals surface area contributed by atoms with Gasteiger partial charge in [-0.15, -0.1) is 0 Å². The monoisotopic (exact) mass is 247 g/mol. The number of aryl methyl sites for hydroxylation is 1. The van der Waals surface area contributed by atoms with Crippen molar-refractivity contribution in [2.75, 3.05) is 12.5 Å². The van der Waals surface area contributed by atoms with E-state index in [9.17, 15) is 9.59 Å². The Hall–Kier alpha value is -0.690. The fourth-order valence-corrected chi connectivity index (χ4v) is 2.58. The van der Waals surface area contributed by atoms with Crippen LogP contribution < -0.4 is 11.1 Å². The van der Waals surface area contributed by atoms with Gasteiger partial charge in [-0.3, -0.25) is 14.2 Å². The number of hydrogen-bond acceptors (Lipinski definition) is 5. The Morgan fingerprint density at radius 3 is 2.73 bits per heavy atom. The molecular formula is C8H13N3O2S2. The van der Waals surface area contributed by atoms with Crippen LogP contribution >= 0.6 is 23.5 Å². The predicted molar refractivity (Wildman–Crippen MR) is 64.6 cm³/mol. The second-order valence-corrected chi connectivity index (χ2v) is 5.25. The number of thioether (sulfide) groups is 2. The van der Waals surface area contributed by atoms with Crippen molar-refractivity contribution < 1.29 is 0 Å². The highest BCUT2D eigenvalue weighted by molar-refractivity contribution is 8.16. The maximum absolute atomic E-state index is 11.3. The molecule has 1 heterocycles. The van der Waals surface area contributed by atoms with Crippen molar-refractivity contribution in [3.05, 3.63) is 27.0 Å². The average molecular weight is 247 g/mol. The molecule has 0 aliphatic rings. The molecule has 0 amide bonds. The first-order valence-corrected chi connectivity index (χ1v) is 6.96. The summed E-state index contributed by atoms with van der Waals surface area (Å²) in [6.07, 6.45) is 6.26. The van der Waals surface area contributed by atoms with Gasteiger partial charge < -0.3 is 0 Å². The summed E-state index contributed by atoms with van der Waals surface area (Å²) in [5.74, 6) is 0. The predicted octanol–water partition coefficient (Wildman–Crippen LogP) is 0.374. The van der Waals surface area contributed by atoms with Crippen LogP contribution in [0, 0.1) is 0 Å². The third-order valence-electron chi connectivity index (χ3n) is 1.95. The topological polar surface area (TPSA) is 67.8 Å². The number of aromatic nitrogens is 3. The Bertz CT molecular complexity index is 411. The van der Waals surface area contributed by atoms with Gasteiger partial charge in [0.25, 0.3) is 0 Å². The Morgan fingerprint density at radius 2 is 2.13 bits per heavy atom. The molecule has 0 aliphatic carbocycles. The van der Waals surface area contributed by atoms with Crippen LogP contribution in [0.2, 0.25) is 0 Å². The van der Waals surface area contributed by atoms with Crippen molar-refractivity contribution in [3.8, 4) is 0 Å². The van der Waals surface area contributed by atoms with E-state index >= 15 is 0 Å². The maximum Gasteiger partial charge on any atom is 0.330 e. The lowest BCUT2D eigenvalue weighted by Crippen LogP contribution is -2.37. The fraction of sp³-hybridized carbons (Fsp3) is 0.625. The van der Waals surface area contributed by atoms with Gasteiger partial charge in [0.15, 0.2) is 0 Å². The van der Waals surface area contributed by atoms with E-state index < -0.39 is 11.1 Å². The highest BCUT2D eigenvalue weighted by Crippen LogP contribution is 2.21. The molecule has 84 valence electrons. The zero-order chi connectivity index (χ0) is 11.3. The number of aromatic amines is 1. The lowest BCUT2D eigenvalue weighted by Gasteiger charge is -2.11. The van der Waals surface area contributed by atoms with Gasteiger partial charge in [-0.05, 0) is 18.9 Å². The highest BCUT2D eigenvalue weighted by atomic mass is 32.2. The summed E-state index contributed by atoms with van der Waals surface area (Å²) >= 11 is 3.48. The van der Waals surface area contributed by atoms with Crippen molar-refractivity contribution in [3.63, 3.8) is 0 Å². The summed E-state index contributed by atoms with van der Waals surface area (Å²) in [7, 11) is 0. The number of hydrogen-bond donors (Lipinski definition) is 1. The van der Waals surface area contributed by atoms with Crippen LogP contribution in [-0.4, -0.2) is 31.9 Å². The molecule has 0 saturated carbocycles. The molecule has 0 atom stereocenters. The standard InChI is InChI=1S/C8H13N3O2S2/c1-14-6(15-2)3-4-11-5-9-10-7(12)8(11)13/h5-6H,3-4H2,1-2H3,(H,10,12). The Labute approximate surface area is 95.7 Å². The average Bonchev–Trinajstić information content (AvgIpc) is 2.25. The molecule has 0 unspecified atom stereocenters. The maximum atomic E-state index is 11.3. The van der Waals surface area contributed by atoms with Crippen molar-refractivity contribution >= 4 is 23.5 Å². The van der Waals surface area contributed by atoms with Crippen molar-refractivity contribution in [2.45, 2.75) is 17.5 Å². The minimum atomic E-state index is -0.664. The fourth-order valence-electron chi connectivity index (χ4n) is 1.12. The first-order chi connectivity index (χ1) is 7.19. The molecule has 15 heavy (non-hydrogen) atoms. The van der Waals surface area contributed by atoms with Crippen LogP contribution in [0.1, 0.15) is 6.42 Å². The first-order valence-electron chi connectivity index (χ1n) is 4.38. The molecule has 1 N–H and O–H groups in total. The normalized spacial score (nSPS) is 10.9. The zero-order valence-corrected chi connectivity index (χ0v) is 10.2. The molecule has 1 rings (SSSR count). The molecule has 0 aliphatic heterocycles. The quantitative estimate of drug-likeness (QED) is 0.601. The van der Waals surface area contributed by atoms with E-state index in [1.807, 2.05) is 12.5 Å². The zero-order valence-electron chi connectivity index (χ0n) is 8.60. The molecule has 0 bridgehead atoms. The molecule has 1 aromatic rings. The minimum absolute atomic E-state index is 0.441. The van der Waals surface area contributed by atoms with Crippen LogP contribution in [0.15, 0.2) is 15.9 Å². The van der Waals surface area contributed by atoms with Crippen molar-refractivity contribution in [2.24, 2.45) is 0 Å². The molecule has 0 saturated heterocycles. The third kappa shape index (κ3) is 3.42. The van der Waals surface area contributed by atoms with Crippen molar-refractivity contribution in [1.29, 1.82) is 0 Å². The number of nitrogens with one attached hydrogen (secondary N) is 1. The largest absolute Gasteiger partial charge is 0.330 e. The summed E-state index contributed by atoms with van der Waals surface area (Å²) < 4.78 is 1.79. The summed E-state index contributed by atoms with van der Waals surface area (Å²) in [6.45, 7) is 0.530. The number of rotatable bonds is 5. The van der Waals surface area contributed by atoms with E-state index in [0.29, 0.717) is 11.1 Å². The van der Waals surface area contributed by atoms with Gasteiger partial charge in [0, 0.05) is 6.54 Å². The van der Waals surface area contributed by atoms with E-state index in [-0.39, 0.29) is 0 Å². The minimum Gasteiger partial charge on any atom is -0.293 e. The second kappa shape index (κ2) is 6.02. The summed E-state index contributed by atoms with van der Waals surface area (Å²) in [5.41, 5.74) is -1.20. The van der Waals surface area contributed by atoms with Crippen LogP contribution in [0.5, 0.6) is 0 Å². The molecular weight excluding hydrogens is 234 g/mol. The summed E-state index contributed by atoms with van der Waals surface area (Å²) in [4.78, 5) is 22.3. The van der Waals surface area contributed by atoms with E-state index in [1.54, 1.807) is 23.5 Å².